The van der Waals surface area contributed by atoms with Crippen LogP contribution in [0.15, 0.2) is 42.5 Å². The molecule has 2 aromatic carbocycles. The van der Waals surface area contributed by atoms with Gasteiger partial charge in [-0.25, -0.2) is 0 Å². The van der Waals surface area contributed by atoms with Gasteiger partial charge in [0.2, 0.25) is 5.91 Å². The summed E-state index contributed by atoms with van der Waals surface area (Å²) in [4.78, 5) is 38.7. The highest BCUT2D eigenvalue weighted by atomic mass is 16.5. The number of ether oxygens (including phenoxy) is 2. The first-order chi connectivity index (χ1) is 14.4. The maximum atomic E-state index is 12.8. The monoisotopic (exact) mass is 410 g/mol. The molecule has 0 saturated heterocycles. The minimum absolute atomic E-state index is 0.00411. The fourth-order valence-corrected chi connectivity index (χ4v) is 3.26. The fourth-order valence-electron chi connectivity index (χ4n) is 3.26. The van der Waals surface area contributed by atoms with Crippen molar-refractivity contribution in [2.75, 3.05) is 30.0 Å². The summed E-state index contributed by atoms with van der Waals surface area (Å²) in [6.45, 7) is 5.83. The van der Waals surface area contributed by atoms with Crippen LogP contribution in [0.3, 0.4) is 0 Å². The molecule has 0 bridgehead atoms. The highest BCUT2D eigenvalue weighted by molar-refractivity contribution is 6.03. The van der Waals surface area contributed by atoms with Crippen LogP contribution in [-0.2, 0) is 14.3 Å². The Morgan fingerprint density at radius 1 is 1.23 bits per heavy atom. The lowest BCUT2D eigenvalue weighted by Crippen LogP contribution is -2.39. The van der Waals surface area contributed by atoms with Gasteiger partial charge < -0.3 is 19.7 Å². The Bertz CT molecular complexity index is 956. The molecule has 30 heavy (non-hydrogen) atoms. The van der Waals surface area contributed by atoms with Gasteiger partial charge in [-0.15, -0.1) is 0 Å². The molecule has 1 aliphatic rings. The number of aryl methyl sites for hydroxylation is 1. The lowest BCUT2D eigenvalue weighted by Gasteiger charge is -2.29. The number of carbonyl (C=O) groups is 3. The van der Waals surface area contributed by atoms with Crippen molar-refractivity contribution in [1.29, 1.82) is 0 Å². The largest absolute Gasteiger partial charge is 0.482 e. The summed E-state index contributed by atoms with van der Waals surface area (Å²) in [6.07, 6.45) is -0.0232. The van der Waals surface area contributed by atoms with E-state index in [-0.39, 0.29) is 30.8 Å². The molecule has 0 aromatic heterocycles. The number of hydrogen-bond donors (Lipinski definition) is 1. The molecule has 2 amide bonds. The van der Waals surface area contributed by atoms with E-state index in [0.717, 1.165) is 12.0 Å². The van der Waals surface area contributed by atoms with Crippen LogP contribution in [0, 0.1) is 6.92 Å². The number of nitrogens with one attached hydrogen (secondary N) is 1. The quantitative estimate of drug-likeness (QED) is 0.675. The molecule has 7 nitrogen and oxygen atoms in total. The molecule has 0 spiro atoms. The average Bonchev–Trinajstić information content (AvgIpc) is 2.73. The molecule has 1 N–H and O–H groups in total. The summed E-state index contributed by atoms with van der Waals surface area (Å²) in [7, 11) is 0. The van der Waals surface area contributed by atoms with E-state index in [2.05, 4.69) is 5.32 Å². The second kappa shape index (κ2) is 9.54. The number of fused-ring (bicyclic) bond motifs is 1. The van der Waals surface area contributed by atoms with Crippen LogP contribution in [0.4, 0.5) is 11.4 Å². The Morgan fingerprint density at radius 3 is 2.77 bits per heavy atom. The van der Waals surface area contributed by atoms with Crippen LogP contribution in [0.25, 0.3) is 0 Å². The van der Waals surface area contributed by atoms with Gasteiger partial charge in [-0.3, -0.25) is 14.4 Å². The molecule has 1 atom stereocenters. The van der Waals surface area contributed by atoms with Crippen LogP contribution >= 0.6 is 0 Å². The highest BCUT2D eigenvalue weighted by Gasteiger charge is 2.27. The van der Waals surface area contributed by atoms with Crippen molar-refractivity contribution in [2.24, 2.45) is 0 Å². The molecule has 0 radical (unpaired) electrons. The number of benzene rings is 2. The first kappa shape index (κ1) is 21.5. The predicted molar refractivity (Wildman–Crippen MR) is 114 cm³/mol. The van der Waals surface area contributed by atoms with E-state index in [9.17, 15) is 14.4 Å². The highest BCUT2D eigenvalue weighted by Crippen LogP contribution is 2.33. The Kier molecular flexibility index (Phi) is 6.84. The number of ketones is 1. The third-order valence-corrected chi connectivity index (χ3v) is 4.77. The van der Waals surface area contributed by atoms with Crippen LogP contribution in [0.2, 0.25) is 0 Å². The van der Waals surface area contributed by atoms with E-state index in [1.54, 1.807) is 36.1 Å². The topological polar surface area (TPSA) is 84.9 Å². The fraction of sp³-hybridized carbons (Fsp3) is 0.348. The van der Waals surface area contributed by atoms with Crippen molar-refractivity contribution >= 4 is 29.0 Å². The van der Waals surface area contributed by atoms with E-state index in [1.807, 2.05) is 32.0 Å². The number of rotatable bonds is 8. The van der Waals surface area contributed by atoms with Crippen molar-refractivity contribution in [2.45, 2.75) is 33.3 Å². The Balaban J connectivity index is 1.63. The van der Waals surface area contributed by atoms with Crippen LogP contribution in [-0.4, -0.2) is 43.5 Å². The van der Waals surface area contributed by atoms with Gasteiger partial charge in [0, 0.05) is 17.8 Å². The lowest BCUT2D eigenvalue weighted by atomic mass is 10.0. The number of carbonyl (C=O) groups excluding carboxylic acids is 3. The summed E-state index contributed by atoms with van der Waals surface area (Å²) in [5.41, 5.74) is 2.70. The molecule has 0 aliphatic carbocycles. The van der Waals surface area contributed by atoms with E-state index < -0.39 is 6.10 Å². The van der Waals surface area contributed by atoms with Crippen LogP contribution in [0.1, 0.15) is 36.2 Å². The van der Waals surface area contributed by atoms with Gasteiger partial charge in [-0.2, -0.15) is 0 Å². The minimum atomic E-state index is -0.814. The average molecular weight is 410 g/mol. The first-order valence-electron chi connectivity index (χ1n) is 9.98. The van der Waals surface area contributed by atoms with Gasteiger partial charge in [-0.05, 0) is 56.2 Å². The van der Waals surface area contributed by atoms with Crippen LogP contribution in [0.5, 0.6) is 5.75 Å². The second-order valence-corrected chi connectivity index (χ2v) is 7.25. The Morgan fingerprint density at radius 2 is 2.03 bits per heavy atom. The van der Waals surface area contributed by atoms with E-state index in [4.69, 9.17) is 9.47 Å². The summed E-state index contributed by atoms with van der Waals surface area (Å²) in [5, 5.41) is 2.75. The van der Waals surface area contributed by atoms with E-state index in [0.29, 0.717) is 29.2 Å². The lowest BCUT2D eigenvalue weighted by molar-refractivity contribution is -0.122. The molecule has 1 unspecified atom stereocenters. The molecule has 2 aromatic rings. The summed E-state index contributed by atoms with van der Waals surface area (Å²) < 4.78 is 11.0. The van der Waals surface area contributed by atoms with Gasteiger partial charge in [0.1, 0.15) is 18.5 Å². The molecule has 0 saturated carbocycles. The maximum Gasteiger partial charge on any atom is 0.265 e. The molecular formula is C23H26N2O5. The third-order valence-electron chi connectivity index (χ3n) is 4.77. The molecule has 0 fully saturated rings. The molecule has 3 rings (SSSR count). The molecule has 1 heterocycles. The predicted octanol–water partition coefficient (Wildman–Crippen LogP) is 3.36. The zero-order valence-corrected chi connectivity index (χ0v) is 17.4. The number of nitrogens with zero attached hydrogens (tertiary/aromatic N) is 1. The van der Waals surface area contributed by atoms with E-state index >= 15 is 0 Å². The van der Waals surface area contributed by atoms with Crippen molar-refractivity contribution in [3.8, 4) is 5.75 Å². The molecule has 1 aliphatic heterocycles. The zero-order valence-electron chi connectivity index (χ0n) is 17.4. The van der Waals surface area contributed by atoms with Gasteiger partial charge in [0.05, 0.1) is 5.69 Å². The third kappa shape index (κ3) is 5.04. The van der Waals surface area contributed by atoms with Crippen LogP contribution < -0.4 is 15.0 Å². The molecule has 158 valence electrons. The smallest absolute Gasteiger partial charge is 0.265 e. The number of Topliss-reactive ketones (excluding diaryl/α,β-unsaturated/α-hetero) is 1. The summed E-state index contributed by atoms with van der Waals surface area (Å²) in [5.74, 6) is -0.161. The Hall–Kier alpha value is -3.19. The van der Waals surface area contributed by atoms with Gasteiger partial charge in [-0.1, -0.05) is 19.1 Å². The SMILES string of the molecule is CCCN1C(=O)COc2ccc(C(=O)C(C)OCC(=O)Nc3cccc(C)c3)cc21. The van der Waals surface area contributed by atoms with Crippen molar-refractivity contribution in [3.05, 3.63) is 53.6 Å². The number of anilines is 2. The normalized spacial score (nSPS) is 14.0. The first-order valence-corrected chi connectivity index (χ1v) is 9.98. The van der Waals surface area contributed by atoms with Gasteiger partial charge >= 0.3 is 0 Å². The van der Waals surface area contributed by atoms with E-state index in [1.165, 1.54) is 0 Å². The molecular weight excluding hydrogens is 384 g/mol. The number of amides is 2. The second-order valence-electron chi connectivity index (χ2n) is 7.25. The maximum absolute atomic E-state index is 12.8. The number of hydrogen-bond acceptors (Lipinski definition) is 5. The molecule has 7 heteroatoms. The van der Waals surface area contributed by atoms with Gasteiger partial charge in [0.15, 0.2) is 12.4 Å². The Labute approximate surface area is 176 Å². The standard InChI is InChI=1S/C23H26N2O5/c1-4-10-25-19-12-17(8-9-20(19)30-14-22(25)27)23(28)16(3)29-13-21(26)24-18-7-5-6-15(2)11-18/h5-9,11-12,16H,4,10,13-14H2,1-3H3,(H,24,26). The zero-order chi connectivity index (χ0) is 21.7. The summed E-state index contributed by atoms with van der Waals surface area (Å²) in [6, 6.07) is 12.4. The van der Waals surface area contributed by atoms with Crippen molar-refractivity contribution < 1.29 is 23.9 Å². The van der Waals surface area contributed by atoms with Crippen molar-refractivity contribution in [1.82, 2.24) is 0 Å². The van der Waals surface area contributed by atoms with Crippen molar-refractivity contribution in [3.63, 3.8) is 0 Å². The minimum Gasteiger partial charge on any atom is -0.482 e. The van der Waals surface area contributed by atoms with Gasteiger partial charge in [0.25, 0.3) is 5.91 Å². The summed E-state index contributed by atoms with van der Waals surface area (Å²) >= 11 is 0.